The van der Waals surface area contributed by atoms with Crippen LogP contribution in [0.2, 0.25) is 0 Å². The Morgan fingerprint density at radius 3 is 2.57 bits per heavy atom. The lowest BCUT2D eigenvalue weighted by atomic mass is 10.1. The minimum atomic E-state index is -0.810. The molecule has 0 aliphatic heterocycles. The van der Waals surface area contributed by atoms with Gasteiger partial charge in [0.1, 0.15) is 11.6 Å². The fourth-order valence-corrected chi connectivity index (χ4v) is 2.14. The zero-order chi connectivity index (χ0) is 16.2. The van der Waals surface area contributed by atoms with E-state index in [1.165, 1.54) is 6.07 Å². The molecule has 1 amide bonds. The molecule has 3 rings (SSSR count). The highest BCUT2D eigenvalue weighted by atomic mass is 19.1. The van der Waals surface area contributed by atoms with Crippen LogP contribution >= 0.6 is 0 Å². The molecule has 1 aromatic heterocycles. The molecule has 0 saturated carbocycles. The standard InChI is InChI=1S/C17H13F2N3O/c18-14-5-6-16(15(19)9-14)21-17(23)13-3-1-12(2-4-13)10-22-8-7-20-11-22/h1-9,11H,10H2,(H,21,23). The quantitative estimate of drug-likeness (QED) is 0.802. The fraction of sp³-hybridized carbons (Fsp3) is 0.0588. The van der Waals surface area contributed by atoms with Crippen molar-refractivity contribution in [3.05, 3.63) is 83.9 Å². The molecule has 0 aliphatic carbocycles. The maximum Gasteiger partial charge on any atom is 0.255 e. The first kappa shape index (κ1) is 14.9. The van der Waals surface area contributed by atoms with Crippen molar-refractivity contribution in [1.82, 2.24) is 9.55 Å². The minimum Gasteiger partial charge on any atom is -0.333 e. The Balaban J connectivity index is 1.70. The molecule has 0 atom stereocenters. The smallest absolute Gasteiger partial charge is 0.255 e. The van der Waals surface area contributed by atoms with Crippen LogP contribution in [-0.4, -0.2) is 15.5 Å². The van der Waals surface area contributed by atoms with Crippen molar-refractivity contribution >= 4 is 11.6 Å². The van der Waals surface area contributed by atoms with E-state index in [9.17, 15) is 13.6 Å². The Hall–Kier alpha value is -3.02. The molecule has 0 radical (unpaired) electrons. The molecule has 0 spiro atoms. The van der Waals surface area contributed by atoms with Gasteiger partial charge < -0.3 is 9.88 Å². The van der Waals surface area contributed by atoms with E-state index < -0.39 is 17.5 Å². The summed E-state index contributed by atoms with van der Waals surface area (Å²) in [5, 5.41) is 2.42. The van der Waals surface area contributed by atoms with E-state index in [1.54, 1.807) is 24.7 Å². The highest BCUT2D eigenvalue weighted by Crippen LogP contribution is 2.16. The van der Waals surface area contributed by atoms with Gasteiger partial charge in [-0.3, -0.25) is 4.79 Å². The molecule has 1 heterocycles. The number of aromatic nitrogens is 2. The molecule has 0 saturated heterocycles. The van der Waals surface area contributed by atoms with Crippen molar-refractivity contribution in [1.29, 1.82) is 0 Å². The Kier molecular flexibility index (Phi) is 4.14. The normalized spacial score (nSPS) is 10.5. The van der Waals surface area contributed by atoms with Crippen molar-refractivity contribution in [2.24, 2.45) is 0 Å². The van der Waals surface area contributed by atoms with Crippen LogP contribution in [0.4, 0.5) is 14.5 Å². The second-order valence-electron chi connectivity index (χ2n) is 5.01. The van der Waals surface area contributed by atoms with E-state index in [0.29, 0.717) is 12.1 Å². The van der Waals surface area contributed by atoms with Crippen LogP contribution in [0.3, 0.4) is 0 Å². The first-order valence-corrected chi connectivity index (χ1v) is 6.93. The van der Waals surface area contributed by atoms with E-state index in [4.69, 9.17) is 0 Å². The number of imidazole rings is 1. The van der Waals surface area contributed by atoms with Crippen LogP contribution in [0.25, 0.3) is 0 Å². The summed E-state index contributed by atoms with van der Waals surface area (Å²) < 4.78 is 28.3. The molecule has 3 aromatic rings. The predicted molar refractivity (Wildman–Crippen MR) is 82.1 cm³/mol. The molecule has 2 aromatic carbocycles. The zero-order valence-corrected chi connectivity index (χ0v) is 12.0. The van der Waals surface area contributed by atoms with Crippen molar-refractivity contribution in [2.75, 3.05) is 5.32 Å². The molecular weight excluding hydrogens is 300 g/mol. The molecule has 0 bridgehead atoms. The van der Waals surface area contributed by atoms with E-state index in [1.807, 2.05) is 22.9 Å². The number of halogens is 2. The van der Waals surface area contributed by atoms with Gasteiger partial charge in [-0.15, -0.1) is 0 Å². The van der Waals surface area contributed by atoms with Gasteiger partial charge in [-0.05, 0) is 29.8 Å². The molecule has 0 aliphatic rings. The Labute approximate surface area is 131 Å². The van der Waals surface area contributed by atoms with Crippen LogP contribution in [0, 0.1) is 11.6 Å². The molecule has 116 valence electrons. The van der Waals surface area contributed by atoms with Crippen LogP contribution in [0.5, 0.6) is 0 Å². The highest BCUT2D eigenvalue weighted by Gasteiger charge is 2.10. The van der Waals surface area contributed by atoms with Gasteiger partial charge in [0.05, 0.1) is 12.0 Å². The monoisotopic (exact) mass is 313 g/mol. The maximum absolute atomic E-state index is 13.5. The predicted octanol–water partition coefficient (Wildman–Crippen LogP) is 3.46. The number of carbonyl (C=O) groups is 1. The molecular formula is C17H13F2N3O. The fourth-order valence-electron chi connectivity index (χ4n) is 2.14. The van der Waals surface area contributed by atoms with Gasteiger partial charge in [0.15, 0.2) is 0 Å². The largest absolute Gasteiger partial charge is 0.333 e. The van der Waals surface area contributed by atoms with Crippen LogP contribution < -0.4 is 5.32 Å². The average Bonchev–Trinajstić information content (AvgIpc) is 3.04. The number of hydrogen-bond donors (Lipinski definition) is 1. The lowest BCUT2D eigenvalue weighted by Gasteiger charge is -2.08. The van der Waals surface area contributed by atoms with Gasteiger partial charge in [-0.1, -0.05) is 12.1 Å². The Morgan fingerprint density at radius 1 is 1.13 bits per heavy atom. The highest BCUT2D eigenvalue weighted by molar-refractivity contribution is 6.04. The number of benzene rings is 2. The van der Waals surface area contributed by atoms with Crippen LogP contribution in [-0.2, 0) is 6.54 Å². The summed E-state index contributed by atoms with van der Waals surface area (Å²) in [5.41, 5.74) is 1.34. The molecule has 1 N–H and O–H groups in total. The Bertz CT molecular complexity index is 814. The summed E-state index contributed by atoms with van der Waals surface area (Å²) in [5.74, 6) is -1.95. The first-order chi connectivity index (χ1) is 11.1. The van der Waals surface area contributed by atoms with E-state index in [-0.39, 0.29) is 5.69 Å². The molecule has 0 fully saturated rings. The molecule has 4 nitrogen and oxygen atoms in total. The number of amides is 1. The summed E-state index contributed by atoms with van der Waals surface area (Å²) in [6.07, 6.45) is 5.24. The number of hydrogen-bond acceptors (Lipinski definition) is 2. The third kappa shape index (κ3) is 3.60. The van der Waals surface area contributed by atoms with Gasteiger partial charge in [0.2, 0.25) is 0 Å². The molecule has 23 heavy (non-hydrogen) atoms. The van der Waals surface area contributed by atoms with Crippen molar-refractivity contribution < 1.29 is 13.6 Å². The SMILES string of the molecule is O=C(Nc1ccc(F)cc1F)c1ccc(Cn2ccnc2)cc1. The topological polar surface area (TPSA) is 46.9 Å². The number of rotatable bonds is 4. The first-order valence-electron chi connectivity index (χ1n) is 6.93. The number of carbonyl (C=O) groups excluding carboxylic acids is 1. The van der Waals surface area contributed by atoms with Gasteiger partial charge in [-0.25, -0.2) is 13.8 Å². The Morgan fingerprint density at radius 2 is 1.91 bits per heavy atom. The summed E-state index contributed by atoms with van der Waals surface area (Å²) in [7, 11) is 0. The number of anilines is 1. The van der Waals surface area contributed by atoms with Crippen molar-refractivity contribution in [2.45, 2.75) is 6.54 Å². The lowest BCUT2D eigenvalue weighted by molar-refractivity contribution is 0.102. The summed E-state index contributed by atoms with van der Waals surface area (Å²) in [6.45, 7) is 0.647. The van der Waals surface area contributed by atoms with Crippen molar-refractivity contribution in [3.63, 3.8) is 0 Å². The van der Waals surface area contributed by atoms with Crippen LogP contribution in [0.15, 0.2) is 61.2 Å². The lowest BCUT2D eigenvalue weighted by Crippen LogP contribution is -2.13. The second kappa shape index (κ2) is 6.39. The zero-order valence-electron chi connectivity index (χ0n) is 12.0. The molecule has 0 unspecified atom stereocenters. The third-order valence-corrected chi connectivity index (χ3v) is 3.32. The number of nitrogens with one attached hydrogen (secondary N) is 1. The summed E-state index contributed by atoms with van der Waals surface area (Å²) >= 11 is 0. The third-order valence-electron chi connectivity index (χ3n) is 3.32. The summed E-state index contributed by atoms with van der Waals surface area (Å²) in [4.78, 5) is 16.1. The van der Waals surface area contributed by atoms with Gasteiger partial charge in [0.25, 0.3) is 5.91 Å². The van der Waals surface area contributed by atoms with Gasteiger partial charge in [0, 0.05) is 30.6 Å². The van der Waals surface area contributed by atoms with E-state index in [0.717, 1.165) is 17.7 Å². The van der Waals surface area contributed by atoms with Gasteiger partial charge in [-0.2, -0.15) is 0 Å². The maximum atomic E-state index is 13.5. The second-order valence-corrected chi connectivity index (χ2v) is 5.01. The van der Waals surface area contributed by atoms with E-state index in [2.05, 4.69) is 10.3 Å². The minimum absolute atomic E-state index is 0.0566. The summed E-state index contributed by atoms with van der Waals surface area (Å²) in [6, 6.07) is 9.95. The van der Waals surface area contributed by atoms with Gasteiger partial charge >= 0.3 is 0 Å². The van der Waals surface area contributed by atoms with E-state index >= 15 is 0 Å². The molecule has 6 heteroatoms. The number of nitrogens with zero attached hydrogens (tertiary/aromatic N) is 2. The van der Waals surface area contributed by atoms with Crippen molar-refractivity contribution in [3.8, 4) is 0 Å². The van der Waals surface area contributed by atoms with Crippen LogP contribution in [0.1, 0.15) is 15.9 Å². The average molecular weight is 313 g/mol.